The minimum Gasteiger partial charge on any atom is -0.397 e. The van der Waals surface area contributed by atoms with E-state index in [4.69, 9.17) is 5.73 Å². The van der Waals surface area contributed by atoms with E-state index in [2.05, 4.69) is 10.6 Å². The van der Waals surface area contributed by atoms with Crippen LogP contribution in [-0.2, 0) is 6.54 Å². The molecule has 4 N–H and O–H groups in total. The SMILES string of the molecule is Nc1cc(F)ccc1NC(=O)NCc1ccccc1. The fraction of sp³-hybridized carbons (Fsp3) is 0.0714. The highest BCUT2D eigenvalue weighted by Crippen LogP contribution is 2.18. The highest BCUT2D eigenvalue weighted by Gasteiger charge is 2.05. The Balaban J connectivity index is 1.91. The van der Waals surface area contributed by atoms with Crippen LogP contribution in [0, 0.1) is 5.82 Å². The van der Waals surface area contributed by atoms with Gasteiger partial charge in [0.1, 0.15) is 5.82 Å². The Labute approximate surface area is 110 Å². The maximum atomic E-state index is 12.8. The molecule has 0 saturated heterocycles. The first-order valence-electron chi connectivity index (χ1n) is 5.79. The minimum absolute atomic E-state index is 0.190. The molecule has 0 unspecified atom stereocenters. The summed E-state index contributed by atoms with van der Waals surface area (Å²) in [6.07, 6.45) is 0. The molecule has 0 aliphatic heterocycles. The molecule has 0 saturated carbocycles. The molecule has 5 heteroatoms. The third kappa shape index (κ3) is 3.70. The number of hydrogen-bond donors (Lipinski definition) is 3. The van der Waals surface area contributed by atoms with Crippen molar-refractivity contribution >= 4 is 17.4 Å². The van der Waals surface area contributed by atoms with Gasteiger partial charge in [-0.1, -0.05) is 30.3 Å². The van der Waals surface area contributed by atoms with E-state index >= 15 is 0 Å². The van der Waals surface area contributed by atoms with E-state index in [-0.39, 0.29) is 11.7 Å². The van der Waals surface area contributed by atoms with Crippen molar-refractivity contribution in [1.82, 2.24) is 5.32 Å². The zero-order valence-electron chi connectivity index (χ0n) is 10.2. The lowest BCUT2D eigenvalue weighted by Crippen LogP contribution is -2.28. The Morgan fingerprint density at radius 2 is 1.89 bits per heavy atom. The van der Waals surface area contributed by atoms with E-state index < -0.39 is 5.82 Å². The van der Waals surface area contributed by atoms with Crippen LogP contribution < -0.4 is 16.4 Å². The molecule has 0 aliphatic carbocycles. The molecule has 2 aromatic rings. The molecular weight excluding hydrogens is 245 g/mol. The van der Waals surface area contributed by atoms with Gasteiger partial charge in [0.05, 0.1) is 11.4 Å². The van der Waals surface area contributed by atoms with E-state index in [0.29, 0.717) is 12.2 Å². The van der Waals surface area contributed by atoms with E-state index in [9.17, 15) is 9.18 Å². The molecule has 98 valence electrons. The third-order valence-corrected chi connectivity index (χ3v) is 2.56. The van der Waals surface area contributed by atoms with Gasteiger partial charge >= 0.3 is 6.03 Å². The standard InChI is InChI=1S/C14H14FN3O/c15-11-6-7-13(12(16)8-11)18-14(19)17-9-10-4-2-1-3-5-10/h1-8H,9,16H2,(H2,17,18,19). The summed E-state index contributed by atoms with van der Waals surface area (Å²) in [6, 6.07) is 13.0. The summed E-state index contributed by atoms with van der Waals surface area (Å²) in [5.74, 6) is -0.437. The first kappa shape index (κ1) is 12.9. The van der Waals surface area contributed by atoms with Gasteiger partial charge in [0, 0.05) is 6.54 Å². The summed E-state index contributed by atoms with van der Waals surface area (Å²) < 4.78 is 12.8. The van der Waals surface area contributed by atoms with Crippen LogP contribution in [0.3, 0.4) is 0 Å². The van der Waals surface area contributed by atoms with E-state index in [1.54, 1.807) is 0 Å². The Bertz CT molecular complexity index is 572. The second kappa shape index (κ2) is 5.86. The van der Waals surface area contributed by atoms with Crippen molar-refractivity contribution in [1.29, 1.82) is 0 Å². The number of nitrogens with two attached hydrogens (primary N) is 1. The quantitative estimate of drug-likeness (QED) is 0.742. The van der Waals surface area contributed by atoms with Gasteiger partial charge < -0.3 is 16.4 Å². The minimum atomic E-state index is -0.437. The molecule has 19 heavy (non-hydrogen) atoms. The number of nitrogen functional groups attached to an aromatic ring is 1. The van der Waals surface area contributed by atoms with Crippen molar-refractivity contribution in [2.45, 2.75) is 6.54 Å². The van der Waals surface area contributed by atoms with Crippen LogP contribution in [0.1, 0.15) is 5.56 Å². The van der Waals surface area contributed by atoms with Gasteiger partial charge in [0.2, 0.25) is 0 Å². The highest BCUT2D eigenvalue weighted by molar-refractivity contribution is 5.92. The third-order valence-electron chi connectivity index (χ3n) is 2.56. The number of carbonyl (C=O) groups is 1. The van der Waals surface area contributed by atoms with E-state index in [0.717, 1.165) is 11.6 Å². The Kier molecular flexibility index (Phi) is 3.97. The second-order valence-electron chi connectivity index (χ2n) is 4.02. The summed E-state index contributed by atoms with van der Waals surface area (Å²) in [7, 11) is 0. The molecule has 2 aromatic carbocycles. The van der Waals surface area contributed by atoms with E-state index in [1.165, 1.54) is 12.1 Å². The molecule has 2 amide bonds. The molecular formula is C14H14FN3O. The summed E-state index contributed by atoms with van der Waals surface area (Å²) in [5.41, 5.74) is 7.16. The first-order valence-corrected chi connectivity index (χ1v) is 5.79. The molecule has 0 spiro atoms. The van der Waals surface area contributed by atoms with Gasteiger partial charge in [-0.15, -0.1) is 0 Å². The average Bonchev–Trinajstić information content (AvgIpc) is 2.41. The number of carbonyl (C=O) groups excluding carboxylic acids is 1. The molecule has 4 nitrogen and oxygen atoms in total. The van der Waals surface area contributed by atoms with Crippen LogP contribution in [0.2, 0.25) is 0 Å². The number of nitrogens with one attached hydrogen (secondary N) is 2. The molecule has 0 aromatic heterocycles. The number of benzene rings is 2. The summed E-state index contributed by atoms with van der Waals surface area (Å²) >= 11 is 0. The number of rotatable bonds is 3. The fourth-order valence-electron chi connectivity index (χ4n) is 1.59. The van der Waals surface area contributed by atoms with Crippen molar-refractivity contribution in [2.75, 3.05) is 11.1 Å². The van der Waals surface area contributed by atoms with Crippen LogP contribution in [0.4, 0.5) is 20.6 Å². The summed E-state index contributed by atoms with van der Waals surface area (Å²) in [4.78, 5) is 11.7. The van der Waals surface area contributed by atoms with Crippen molar-refractivity contribution in [2.24, 2.45) is 0 Å². The maximum absolute atomic E-state index is 12.8. The molecule has 0 fully saturated rings. The molecule has 0 radical (unpaired) electrons. The summed E-state index contributed by atoms with van der Waals surface area (Å²) in [6.45, 7) is 0.410. The highest BCUT2D eigenvalue weighted by atomic mass is 19.1. The number of halogens is 1. The largest absolute Gasteiger partial charge is 0.397 e. The van der Waals surface area contributed by atoms with Crippen LogP contribution in [-0.4, -0.2) is 6.03 Å². The van der Waals surface area contributed by atoms with Crippen LogP contribution in [0.25, 0.3) is 0 Å². The number of amides is 2. The predicted molar refractivity (Wildman–Crippen MR) is 73.1 cm³/mol. The van der Waals surface area contributed by atoms with Crippen LogP contribution in [0.15, 0.2) is 48.5 Å². The maximum Gasteiger partial charge on any atom is 0.319 e. The van der Waals surface area contributed by atoms with Crippen molar-refractivity contribution < 1.29 is 9.18 Å². The molecule has 0 bridgehead atoms. The number of urea groups is 1. The average molecular weight is 259 g/mol. The monoisotopic (exact) mass is 259 g/mol. The van der Waals surface area contributed by atoms with E-state index in [1.807, 2.05) is 30.3 Å². The smallest absolute Gasteiger partial charge is 0.319 e. The second-order valence-corrected chi connectivity index (χ2v) is 4.02. The van der Waals surface area contributed by atoms with Gasteiger partial charge in [-0.2, -0.15) is 0 Å². The molecule has 0 atom stereocenters. The fourth-order valence-corrected chi connectivity index (χ4v) is 1.59. The first-order chi connectivity index (χ1) is 9.15. The Morgan fingerprint density at radius 1 is 1.16 bits per heavy atom. The number of hydrogen-bond acceptors (Lipinski definition) is 2. The summed E-state index contributed by atoms with van der Waals surface area (Å²) in [5, 5.41) is 5.26. The number of anilines is 2. The molecule has 0 aliphatic rings. The molecule has 2 rings (SSSR count). The lowest BCUT2D eigenvalue weighted by molar-refractivity contribution is 0.251. The Hall–Kier alpha value is -2.56. The Morgan fingerprint density at radius 3 is 2.58 bits per heavy atom. The van der Waals surface area contributed by atoms with Crippen LogP contribution in [0.5, 0.6) is 0 Å². The van der Waals surface area contributed by atoms with Crippen molar-refractivity contribution in [3.05, 3.63) is 59.9 Å². The predicted octanol–water partition coefficient (Wildman–Crippen LogP) is 2.73. The lowest BCUT2D eigenvalue weighted by atomic mass is 10.2. The van der Waals surface area contributed by atoms with Gasteiger partial charge in [0.25, 0.3) is 0 Å². The normalized spacial score (nSPS) is 9.95. The molecule has 0 heterocycles. The van der Waals surface area contributed by atoms with Gasteiger partial charge in [-0.25, -0.2) is 9.18 Å². The van der Waals surface area contributed by atoms with Gasteiger partial charge in [0.15, 0.2) is 0 Å². The lowest BCUT2D eigenvalue weighted by Gasteiger charge is -2.09. The van der Waals surface area contributed by atoms with Gasteiger partial charge in [-0.05, 0) is 23.8 Å². The zero-order valence-corrected chi connectivity index (χ0v) is 10.2. The zero-order chi connectivity index (χ0) is 13.7. The van der Waals surface area contributed by atoms with Crippen molar-refractivity contribution in [3.8, 4) is 0 Å². The topological polar surface area (TPSA) is 67.1 Å². The van der Waals surface area contributed by atoms with Crippen LogP contribution >= 0.6 is 0 Å². The van der Waals surface area contributed by atoms with Gasteiger partial charge in [-0.3, -0.25) is 0 Å². The van der Waals surface area contributed by atoms with Crippen molar-refractivity contribution in [3.63, 3.8) is 0 Å².